The zero-order valence-corrected chi connectivity index (χ0v) is 11.1. The third-order valence-electron chi connectivity index (χ3n) is 2.46. The fourth-order valence-corrected chi connectivity index (χ4v) is 1.59. The molecule has 0 atom stereocenters. The first-order chi connectivity index (χ1) is 9.22. The number of aromatic nitrogens is 2. The summed E-state index contributed by atoms with van der Waals surface area (Å²) in [6.45, 7) is 0.221. The summed E-state index contributed by atoms with van der Waals surface area (Å²) in [6.07, 6.45) is 3.02. The van der Waals surface area contributed by atoms with Gasteiger partial charge in [-0.15, -0.1) is 0 Å². The highest BCUT2D eigenvalue weighted by atomic mass is 35.5. The molecule has 0 aliphatic rings. The molecule has 6 heteroatoms. The van der Waals surface area contributed by atoms with Crippen LogP contribution in [0.15, 0.2) is 30.6 Å². The lowest BCUT2D eigenvalue weighted by molar-refractivity contribution is 0.272. The summed E-state index contributed by atoms with van der Waals surface area (Å²) in [5.41, 5.74) is 1.42. The molecule has 2 aromatic rings. The van der Waals surface area contributed by atoms with E-state index in [1.54, 1.807) is 31.5 Å². The fraction of sp³-hybridized carbons (Fsp3) is 0.231. The first-order valence-corrected chi connectivity index (χ1v) is 5.97. The van der Waals surface area contributed by atoms with E-state index < -0.39 is 0 Å². The highest BCUT2D eigenvalue weighted by Gasteiger charge is 2.06. The van der Waals surface area contributed by atoms with Crippen LogP contribution in [-0.4, -0.2) is 22.2 Å². The molecular weight excluding hydrogens is 268 g/mol. The van der Waals surface area contributed by atoms with Crippen molar-refractivity contribution in [2.24, 2.45) is 0 Å². The van der Waals surface area contributed by atoms with Crippen LogP contribution in [0.1, 0.15) is 11.3 Å². The van der Waals surface area contributed by atoms with Crippen LogP contribution in [0.25, 0.3) is 0 Å². The molecule has 0 fully saturated rings. The largest absolute Gasteiger partial charge is 0.493 e. The van der Waals surface area contributed by atoms with Gasteiger partial charge in [0, 0.05) is 0 Å². The van der Waals surface area contributed by atoms with Gasteiger partial charge < -0.3 is 14.6 Å². The molecule has 0 unspecified atom stereocenters. The van der Waals surface area contributed by atoms with Gasteiger partial charge >= 0.3 is 0 Å². The van der Waals surface area contributed by atoms with E-state index >= 15 is 0 Å². The summed E-state index contributed by atoms with van der Waals surface area (Å²) in [5, 5.41) is 9.40. The third-order valence-corrected chi connectivity index (χ3v) is 2.66. The first kappa shape index (κ1) is 13.6. The van der Waals surface area contributed by atoms with Gasteiger partial charge in [0.2, 0.25) is 0 Å². The van der Waals surface area contributed by atoms with E-state index in [-0.39, 0.29) is 13.2 Å². The first-order valence-electron chi connectivity index (χ1n) is 5.60. The average molecular weight is 281 g/mol. The highest BCUT2D eigenvalue weighted by Crippen LogP contribution is 2.28. The molecule has 1 heterocycles. The molecule has 0 spiro atoms. The summed E-state index contributed by atoms with van der Waals surface area (Å²) in [4.78, 5) is 8.00. The van der Waals surface area contributed by atoms with Gasteiger partial charge in [0.1, 0.15) is 11.8 Å². The minimum absolute atomic E-state index is 0.0424. The van der Waals surface area contributed by atoms with Crippen LogP contribution in [0.3, 0.4) is 0 Å². The van der Waals surface area contributed by atoms with Gasteiger partial charge in [0.05, 0.1) is 31.8 Å². The number of aliphatic hydroxyl groups is 1. The quantitative estimate of drug-likeness (QED) is 0.910. The number of hydrogen-bond acceptors (Lipinski definition) is 5. The molecule has 1 aromatic carbocycles. The molecule has 0 saturated carbocycles. The van der Waals surface area contributed by atoms with E-state index in [0.717, 1.165) is 5.56 Å². The number of methoxy groups -OCH3 is 1. The normalized spacial score (nSPS) is 10.3. The maximum Gasteiger partial charge on any atom is 0.161 e. The van der Waals surface area contributed by atoms with E-state index in [0.29, 0.717) is 22.3 Å². The van der Waals surface area contributed by atoms with Gasteiger partial charge in [-0.2, -0.15) is 0 Å². The Kier molecular flexibility index (Phi) is 4.54. The monoisotopic (exact) mass is 280 g/mol. The van der Waals surface area contributed by atoms with Crippen LogP contribution in [0.4, 0.5) is 0 Å². The maximum absolute atomic E-state index is 9.06. The molecule has 0 amide bonds. The zero-order valence-electron chi connectivity index (χ0n) is 10.3. The second-order valence-corrected chi connectivity index (χ2v) is 4.15. The van der Waals surface area contributed by atoms with Gasteiger partial charge in [0.15, 0.2) is 11.5 Å². The molecule has 0 saturated heterocycles. The second kappa shape index (κ2) is 6.36. The van der Waals surface area contributed by atoms with E-state index in [1.165, 1.54) is 6.20 Å². The van der Waals surface area contributed by atoms with Crippen LogP contribution < -0.4 is 9.47 Å². The average Bonchev–Trinajstić information content (AvgIpc) is 2.46. The number of benzene rings is 1. The summed E-state index contributed by atoms with van der Waals surface area (Å²) in [6, 6.07) is 5.24. The van der Waals surface area contributed by atoms with Crippen LogP contribution in [0.2, 0.25) is 5.15 Å². The molecule has 1 aromatic heterocycles. The maximum atomic E-state index is 9.06. The van der Waals surface area contributed by atoms with Gasteiger partial charge in [0.25, 0.3) is 0 Å². The molecule has 2 rings (SSSR count). The molecule has 100 valence electrons. The molecule has 5 nitrogen and oxygen atoms in total. The Morgan fingerprint density at radius 1 is 1.21 bits per heavy atom. The predicted molar refractivity (Wildman–Crippen MR) is 70.3 cm³/mol. The molecule has 0 aliphatic heterocycles. The van der Waals surface area contributed by atoms with Crippen molar-refractivity contribution >= 4 is 11.6 Å². The van der Waals surface area contributed by atoms with Gasteiger partial charge in [-0.25, -0.2) is 4.98 Å². The minimum atomic E-state index is -0.0424. The van der Waals surface area contributed by atoms with Crippen molar-refractivity contribution in [3.05, 3.63) is 47.0 Å². The van der Waals surface area contributed by atoms with Gasteiger partial charge in [-0.1, -0.05) is 17.7 Å². The van der Waals surface area contributed by atoms with Crippen molar-refractivity contribution in [1.29, 1.82) is 0 Å². The van der Waals surface area contributed by atoms with Crippen molar-refractivity contribution in [2.45, 2.75) is 13.2 Å². The van der Waals surface area contributed by atoms with Crippen molar-refractivity contribution in [3.63, 3.8) is 0 Å². The van der Waals surface area contributed by atoms with Crippen LogP contribution in [0, 0.1) is 0 Å². The second-order valence-electron chi connectivity index (χ2n) is 3.76. The number of hydrogen-bond donors (Lipinski definition) is 1. The smallest absolute Gasteiger partial charge is 0.161 e. The van der Waals surface area contributed by atoms with Crippen molar-refractivity contribution in [1.82, 2.24) is 9.97 Å². The zero-order chi connectivity index (χ0) is 13.7. The van der Waals surface area contributed by atoms with Crippen molar-refractivity contribution in [2.75, 3.05) is 7.11 Å². The number of nitrogens with zero attached hydrogens (tertiary/aromatic N) is 2. The summed E-state index contributed by atoms with van der Waals surface area (Å²) in [5.74, 6) is 1.14. The fourth-order valence-electron chi connectivity index (χ4n) is 1.49. The van der Waals surface area contributed by atoms with Gasteiger partial charge in [-0.3, -0.25) is 4.98 Å². The predicted octanol–water partition coefficient (Wildman–Crippen LogP) is 2.21. The number of ether oxygens (including phenoxy) is 2. The number of aliphatic hydroxyl groups excluding tert-OH is 1. The van der Waals surface area contributed by atoms with Crippen molar-refractivity contribution < 1.29 is 14.6 Å². The summed E-state index contributed by atoms with van der Waals surface area (Å²) >= 11 is 5.65. The van der Waals surface area contributed by atoms with Crippen LogP contribution in [-0.2, 0) is 13.2 Å². The van der Waals surface area contributed by atoms with E-state index in [2.05, 4.69) is 9.97 Å². The SMILES string of the molecule is COc1cc(CO)ccc1OCc1cnc(Cl)cn1. The highest BCUT2D eigenvalue weighted by molar-refractivity contribution is 6.29. The molecular formula is C13H13ClN2O3. The molecule has 0 bridgehead atoms. The third kappa shape index (κ3) is 3.56. The number of halogens is 1. The van der Waals surface area contributed by atoms with Crippen LogP contribution >= 0.6 is 11.6 Å². The standard InChI is InChI=1S/C13H13ClN2O3/c1-18-12-4-9(7-17)2-3-11(12)19-8-10-5-16-13(14)6-15-10/h2-6,17H,7-8H2,1H3. The lowest BCUT2D eigenvalue weighted by Crippen LogP contribution is -2.01. The lowest BCUT2D eigenvalue weighted by Gasteiger charge is -2.11. The van der Waals surface area contributed by atoms with E-state index in [1.807, 2.05) is 0 Å². The topological polar surface area (TPSA) is 64.5 Å². The van der Waals surface area contributed by atoms with Gasteiger partial charge in [-0.05, 0) is 17.7 Å². The van der Waals surface area contributed by atoms with Crippen molar-refractivity contribution in [3.8, 4) is 11.5 Å². The number of rotatable bonds is 5. The molecule has 1 N–H and O–H groups in total. The Morgan fingerprint density at radius 2 is 2.05 bits per heavy atom. The molecule has 19 heavy (non-hydrogen) atoms. The summed E-state index contributed by atoms with van der Waals surface area (Å²) < 4.78 is 10.8. The van der Waals surface area contributed by atoms with Crippen LogP contribution in [0.5, 0.6) is 11.5 Å². The summed E-state index contributed by atoms with van der Waals surface area (Å²) in [7, 11) is 1.55. The Balaban J connectivity index is 2.08. The Labute approximate surface area is 115 Å². The minimum Gasteiger partial charge on any atom is -0.493 e. The molecule has 0 radical (unpaired) electrons. The van der Waals surface area contributed by atoms with E-state index in [9.17, 15) is 0 Å². The van der Waals surface area contributed by atoms with E-state index in [4.69, 9.17) is 26.2 Å². The lowest BCUT2D eigenvalue weighted by atomic mass is 10.2. The Morgan fingerprint density at radius 3 is 2.68 bits per heavy atom. The Hall–Kier alpha value is -1.85. The molecule has 0 aliphatic carbocycles. The Bertz CT molecular complexity index is 546.